The summed E-state index contributed by atoms with van der Waals surface area (Å²) in [5, 5.41) is 3.19. The normalized spacial score (nSPS) is 23.9. The molecule has 1 fully saturated rings. The Morgan fingerprint density at radius 3 is 2.47 bits per heavy atom. The van der Waals surface area contributed by atoms with E-state index in [4.69, 9.17) is 5.73 Å². The summed E-state index contributed by atoms with van der Waals surface area (Å²) in [6, 6.07) is 7.36. The van der Waals surface area contributed by atoms with Crippen molar-refractivity contribution in [2.75, 3.05) is 22.6 Å². The van der Waals surface area contributed by atoms with Gasteiger partial charge in [-0.1, -0.05) is 0 Å². The molecule has 1 unspecified atom stereocenters. The van der Waals surface area contributed by atoms with Gasteiger partial charge in [-0.2, -0.15) is 0 Å². The van der Waals surface area contributed by atoms with Crippen LogP contribution >= 0.6 is 0 Å². The molecule has 4 nitrogen and oxygen atoms in total. The fourth-order valence-electron chi connectivity index (χ4n) is 1.72. The predicted molar refractivity (Wildman–Crippen MR) is 61.5 cm³/mol. The van der Waals surface area contributed by atoms with Gasteiger partial charge in [0.1, 0.15) is 0 Å². The minimum Gasteiger partial charge on any atom is -0.399 e. The quantitative estimate of drug-likeness (QED) is 0.734. The smallest absolute Gasteiger partial charge is 0.152 e. The lowest BCUT2D eigenvalue weighted by atomic mass is 10.2. The zero-order valence-electron chi connectivity index (χ0n) is 8.31. The van der Waals surface area contributed by atoms with Crippen LogP contribution in [0.3, 0.4) is 0 Å². The van der Waals surface area contributed by atoms with Gasteiger partial charge < -0.3 is 11.1 Å². The van der Waals surface area contributed by atoms with Crippen LogP contribution in [0.15, 0.2) is 24.3 Å². The summed E-state index contributed by atoms with van der Waals surface area (Å²) in [7, 11) is -2.81. The number of rotatable bonds is 2. The van der Waals surface area contributed by atoms with Gasteiger partial charge in [-0.05, 0) is 30.7 Å². The van der Waals surface area contributed by atoms with E-state index in [2.05, 4.69) is 5.32 Å². The van der Waals surface area contributed by atoms with Gasteiger partial charge in [0.15, 0.2) is 9.84 Å². The highest BCUT2D eigenvalue weighted by atomic mass is 32.2. The fraction of sp³-hybridized carbons (Fsp3) is 0.400. The summed E-state index contributed by atoms with van der Waals surface area (Å²) >= 11 is 0. The second kappa shape index (κ2) is 3.73. The molecule has 1 aliphatic rings. The molecule has 15 heavy (non-hydrogen) atoms. The molecule has 1 aromatic carbocycles. The second-order valence-electron chi connectivity index (χ2n) is 3.87. The van der Waals surface area contributed by atoms with Crippen molar-refractivity contribution in [3.05, 3.63) is 24.3 Å². The molecule has 1 aliphatic heterocycles. The van der Waals surface area contributed by atoms with Gasteiger partial charge in [0, 0.05) is 17.4 Å². The molecule has 1 heterocycles. The zero-order valence-corrected chi connectivity index (χ0v) is 9.13. The first-order valence-corrected chi connectivity index (χ1v) is 6.70. The molecule has 0 bridgehead atoms. The number of anilines is 2. The van der Waals surface area contributed by atoms with Crippen molar-refractivity contribution >= 4 is 21.2 Å². The maximum atomic E-state index is 11.2. The molecular formula is C10H14N2O2S. The number of hydrogen-bond acceptors (Lipinski definition) is 4. The van der Waals surface area contributed by atoms with E-state index >= 15 is 0 Å². The van der Waals surface area contributed by atoms with Crippen LogP contribution in [-0.4, -0.2) is 26.0 Å². The average Bonchev–Trinajstić information content (AvgIpc) is 2.50. The van der Waals surface area contributed by atoms with E-state index in [9.17, 15) is 8.42 Å². The van der Waals surface area contributed by atoms with Gasteiger partial charge in [0.05, 0.1) is 11.5 Å². The van der Waals surface area contributed by atoms with E-state index in [1.165, 1.54) is 0 Å². The zero-order chi connectivity index (χ0) is 10.9. The van der Waals surface area contributed by atoms with Gasteiger partial charge in [0.2, 0.25) is 0 Å². The molecule has 1 atom stereocenters. The van der Waals surface area contributed by atoms with Crippen LogP contribution in [0.4, 0.5) is 11.4 Å². The van der Waals surface area contributed by atoms with E-state index in [1.54, 1.807) is 12.1 Å². The molecule has 0 saturated carbocycles. The molecule has 0 amide bonds. The average molecular weight is 226 g/mol. The van der Waals surface area contributed by atoms with Crippen molar-refractivity contribution in [3.8, 4) is 0 Å². The van der Waals surface area contributed by atoms with Crippen LogP contribution in [0.1, 0.15) is 6.42 Å². The van der Waals surface area contributed by atoms with Gasteiger partial charge in [-0.25, -0.2) is 8.42 Å². The Kier molecular flexibility index (Phi) is 2.56. The van der Waals surface area contributed by atoms with E-state index in [0.717, 1.165) is 5.69 Å². The van der Waals surface area contributed by atoms with Crippen molar-refractivity contribution in [1.82, 2.24) is 0 Å². The highest BCUT2D eigenvalue weighted by Crippen LogP contribution is 2.18. The van der Waals surface area contributed by atoms with E-state index in [0.29, 0.717) is 17.9 Å². The van der Waals surface area contributed by atoms with Crippen LogP contribution in [0.5, 0.6) is 0 Å². The van der Waals surface area contributed by atoms with Crippen LogP contribution in [0.2, 0.25) is 0 Å². The molecule has 0 aromatic heterocycles. The third-order valence-electron chi connectivity index (χ3n) is 2.51. The Morgan fingerprint density at radius 1 is 1.27 bits per heavy atom. The van der Waals surface area contributed by atoms with Crippen molar-refractivity contribution in [3.63, 3.8) is 0 Å². The number of hydrogen-bond donors (Lipinski definition) is 2. The Hall–Kier alpha value is -1.23. The number of benzene rings is 1. The summed E-state index contributed by atoms with van der Waals surface area (Å²) in [5.74, 6) is 0.525. The number of sulfone groups is 1. The summed E-state index contributed by atoms with van der Waals surface area (Å²) in [4.78, 5) is 0. The molecule has 2 rings (SSSR count). The molecule has 3 N–H and O–H groups in total. The van der Waals surface area contributed by atoms with Crippen molar-refractivity contribution < 1.29 is 8.42 Å². The van der Waals surface area contributed by atoms with Gasteiger partial charge >= 0.3 is 0 Å². The number of nitrogens with two attached hydrogens (primary N) is 1. The molecule has 5 heteroatoms. The third kappa shape index (κ3) is 2.62. The first-order valence-electron chi connectivity index (χ1n) is 4.88. The molecule has 0 aliphatic carbocycles. The van der Waals surface area contributed by atoms with Crippen LogP contribution < -0.4 is 11.1 Å². The Labute approximate surface area is 89.4 Å². The van der Waals surface area contributed by atoms with Crippen LogP contribution in [-0.2, 0) is 9.84 Å². The molecule has 1 aromatic rings. The van der Waals surface area contributed by atoms with Gasteiger partial charge in [-0.15, -0.1) is 0 Å². The number of nitrogens with one attached hydrogen (secondary N) is 1. The highest BCUT2D eigenvalue weighted by molar-refractivity contribution is 7.91. The predicted octanol–water partition coefficient (Wildman–Crippen LogP) is 0.868. The van der Waals surface area contributed by atoms with Crippen molar-refractivity contribution in [2.45, 2.75) is 12.5 Å². The monoisotopic (exact) mass is 226 g/mol. The lowest BCUT2D eigenvalue weighted by molar-refractivity contribution is 0.602. The van der Waals surface area contributed by atoms with Gasteiger partial charge in [0.25, 0.3) is 0 Å². The minimum absolute atomic E-state index is 0.0404. The Balaban J connectivity index is 2.02. The summed E-state index contributed by atoms with van der Waals surface area (Å²) in [6.45, 7) is 0. The molecular weight excluding hydrogens is 212 g/mol. The van der Waals surface area contributed by atoms with E-state index < -0.39 is 9.84 Å². The largest absolute Gasteiger partial charge is 0.399 e. The first-order chi connectivity index (χ1) is 7.05. The van der Waals surface area contributed by atoms with Gasteiger partial charge in [-0.3, -0.25) is 0 Å². The fourth-order valence-corrected chi connectivity index (χ4v) is 3.40. The lowest BCUT2D eigenvalue weighted by Crippen LogP contribution is -2.20. The molecule has 1 saturated heterocycles. The Bertz CT molecular complexity index is 439. The van der Waals surface area contributed by atoms with E-state index in [1.807, 2.05) is 12.1 Å². The molecule has 0 spiro atoms. The standard InChI is InChI=1S/C10H14N2O2S/c11-8-1-3-9(4-2-8)12-10-5-6-15(13,14)7-10/h1-4,10,12H,5-7,11H2. The molecule has 0 radical (unpaired) electrons. The van der Waals surface area contributed by atoms with Crippen molar-refractivity contribution in [1.29, 1.82) is 0 Å². The maximum absolute atomic E-state index is 11.2. The second-order valence-corrected chi connectivity index (χ2v) is 6.10. The first kappa shape index (κ1) is 10.3. The van der Waals surface area contributed by atoms with E-state index in [-0.39, 0.29) is 11.8 Å². The lowest BCUT2D eigenvalue weighted by Gasteiger charge is -2.12. The number of nitrogen functional groups attached to an aromatic ring is 1. The van der Waals surface area contributed by atoms with Crippen LogP contribution in [0, 0.1) is 0 Å². The third-order valence-corrected chi connectivity index (χ3v) is 4.28. The summed E-state index contributed by atoms with van der Waals surface area (Å²) in [5.41, 5.74) is 7.18. The summed E-state index contributed by atoms with van der Waals surface area (Å²) in [6.07, 6.45) is 0.687. The SMILES string of the molecule is Nc1ccc(NC2CCS(=O)(=O)C2)cc1. The van der Waals surface area contributed by atoms with Crippen molar-refractivity contribution in [2.24, 2.45) is 0 Å². The highest BCUT2D eigenvalue weighted by Gasteiger charge is 2.27. The topological polar surface area (TPSA) is 72.2 Å². The minimum atomic E-state index is -2.81. The molecule has 82 valence electrons. The van der Waals surface area contributed by atoms with Crippen LogP contribution in [0.25, 0.3) is 0 Å². The Morgan fingerprint density at radius 2 is 1.93 bits per heavy atom. The summed E-state index contributed by atoms with van der Waals surface area (Å²) < 4.78 is 22.5. The maximum Gasteiger partial charge on any atom is 0.152 e.